The van der Waals surface area contributed by atoms with Gasteiger partial charge >= 0.3 is 5.97 Å². The number of nitrogens with zero attached hydrogens (tertiary/aromatic N) is 2. The lowest BCUT2D eigenvalue weighted by atomic mass is 10.2. The fourth-order valence-electron chi connectivity index (χ4n) is 1.70. The van der Waals surface area contributed by atoms with Crippen molar-refractivity contribution in [1.82, 2.24) is 9.55 Å². The Labute approximate surface area is 86.3 Å². The smallest absolute Gasteiger partial charge is 0.354 e. The van der Waals surface area contributed by atoms with Crippen LogP contribution in [0, 0.1) is 0 Å². The largest absolute Gasteiger partial charge is 0.477 e. The van der Waals surface area contributed by atoms with Crippen molar-refractivity contribution in [2.75, 3.05) is 11.5 Å². The Bertz CT molecular complexity index is 331. The van der Waals surface area contributed by atoms with Crippen LogP contribution in [0.15, 0.2) is 12.5 Å². The first-order valence-electron chi connectivity index (χ1n) is 4.62. The van der Waals surface area contributed by atoms with E-state index in [1.165, 1.54) is 11.9 Å². The fraction of sp³-hybridized carbons (Fsp3) is 0.556. The molecule has 0 aromatic carbocycles. The fourth-order valence-corrected chi connectivity index (χ4v) is 2.84. The third-order valence-electron chi connectivity index (χ3n) is 2.41. The number of carbonyl (C=O) groups is 1. The highest BCUT2D eigenvalue weighted by atomic mass is 32.2. The van der Waals surface area contributed by atoms with Crippen LogP contribution in [0.5, 0.6) is 0 Å². The van der Waals surface area contributed by atoms with E-state index in [1.54, 1.807) is 10.9 Å². The molecule has 1 aliphatic heterocycles. The van der Waals surface area contributed by atoms with Gasteiger partial charge in [0.25, 0.3) is 0 Å². The normalized spacial score (nSPS) is 22.1. The lowest BCUT2D eigenvalue weighted by molar-refractivity contribution is 0.0682. The van der Waals surface area contributed by atoms with Crippen LogP contribution in [-0.4, -0.2) is 32.1 Å². The molecule has 5 heteroatoms. The van der Waals surface area contributed by atoms with E-state index in [4.69, 9.17) is 5.11 Å². The summed E-state index contributed by atoms with van der Waals surface area (Å²) in [6, 6.07) is 0.308. The minimum absolute atomic E-state index is 0.303. The van der Waals surface area contributed by atoms with Gasteiger partial charge in [-0.25, -0.2) is 9.78 Å². The second-order valence-electron chi connectivity index (χ2n) is 3.36. The molecule has 14 heavy (non-hydrogen) atoms. The number of hydrogen-bond donors (Lipinski definition) is 1. The number of carboxylic acids is 1. The molecule has 0 radical (unpaired) electrons. The first-order chi connectivity index (χ1) is 6.79. The third kappa shape index (κ3) is 1.77. The zero-order valence-corrected chi connectivity index (χ0v) is 8.54. The third-order valence-corrected chi connectivity index (χ3v) is 3.61. The minimum atomic E-state index is -0.891. The maximum atomic E-state index is 10.9. The summed E-state index contributed by atoms with van der Waals surface area (Å²) in [5, 5.41) is 8.92. The highest BCUT2D eigenvalue weighted by molar-refractivity contribution is 7.99. The first kappa shape index (κ1) is 9.58. The lowest BCUT2D eigenvalue weighted by Crippen LogP contribution is -2.19. The molecule has 76 valence electrons. The van der Waals surface area contributed by atoms with Gasteiger partial charge in [0.2, 0.25) is 0 Å². The van der Waals surface area contributed by atoms with Crippen LogP contribution in [0.25, 0.3) is 0 Å². The predicted octanol–water partition coefficient (Wildman–Crippen LogP) is 1.65. The molecule has 0 spiro atoms. The van der Waals surface area contributed by atoms with E-state index >= 15 is 0 Å². The average Bonchev–Trinajstić information content (AvgIpc) is 2.67. The van der Waals surface area contributed by atoms with Crippen LogP contribution in [0.2, 0.25) is 0 Å². The van der Waals surface area contributed by atoms with Gasteiger partial charge in [0.1, 0.15) is 5.69 Å². The number of aromatic carboxylic acids is 1. The maximum absolute atomic E-state index is 10.9. The molecule has 0 saturated carbocycles. The first-order valence-corrected chi connectivity index (χ1v) is 5.77. The van der Waals surface area contributed by atoms with E-state index in [0.29, 0.717) is 11.7 Å². The molecule has 4 nitrogen and oxygen atoms in total. The lowest BCUT2D eigenvalue weighted by Gasteiger charge is -2.23. The van der Waals surface area contributed by atoms with Gasteiger partial charge in [-0.2, -0.15) is 11.8 Å². The molecule has 1 aromatic rings. The van der Waals surface area contributed by atoms with Crippen LogP contribution in [0.4, 0.5) is 0 Å². The molecule has 1 atom stereocenters. The number of thioether (sulfide) groups is 1. The van der Waals surface area contributed by atoms with Crippen molar-refractivity contribution in [3.8, 4) is 0 Å². The molecule has 2 rings (SSSR count). The monoisotopic (exact) mass is 212 g/mol. The van der Waals surface area contributed by atoms with E-state index in [-0.39, 0.29) is 0 Å². The summed E-state index contributed by atoms with van der Waals surface area (Å²) in [5.41, 5.74) is 0.303. The topological polar surface area (TPSA) is 55.1 Å². The number of hydrogen-bond acceptors (Lipinski definition) is 3. The molecular formula is C9H12N2O2S. The van der Waals surface area contributed by atoms with Gasteiger partial charge < -0.3 is 9.67 Å². The van der Waals surface area contributed by atoms with Gasteiger partial charge in [-0.15, -0.1) is 0 Å². The minimum Gasteiger partial charge on any atom is -0.477 e. The highest BCUT2D eigenvalue weighted by Gasteiger charge is 2.20. The standard InChI is InChI=1S/C9H12N2O2S/c12-9(13)8-4-10-6-11(8)7-2-1-3-14-5-7/h4,6-7H,1-3,5H2,(H,12,13). The van der Waals surface area contributed by atoms with Gasteiger partial charge in [-0.05, 0) is 18.6 Å². The molecule has 1 aromatic heterocycles. The summed E-state index contributed by atoms with van der Waals surface area (Å²) in [7, 11) is 0. The second kappa shape index (κ2) is 4.04. The van der Waals surface area contributed by atoms with Gasteiger partial charge in [0.15, 0.2) is 0 Å². The summed E-state index contributed by atoms with van der Waals surface area (Å²) in [6.07, 6.45) is 5.26. The van der Waals surface area contributed by atoms with Crippen molar-refractivity contribution < 1.29 is 9.90 Å². The predicted molar refractivity (Wildman–Crippen MR) is 54.8 cm³/mol. The van der Waals surface area contributed by atoms with E-state index in [2.05, 4.69) is 4.98 Å². The van der Waals surface area contributed by atoms with Crippen LogP contribution in [0.3, 0.4) is 0 Å². The molecular weight excluding hydrogens is 200 g/mol. The van der Waals surface area contributed by atoms with Gasteiger partial charge in [0.05, 0.1) is 12.5 Å². The molecule has 0 amide bonds. The molecule has 0 aliphatic carbocycles. The zero-order valence-electron chi connectivity index (χ0n) is 7.72. The SMILES string of the molecule is O=C(O)c1cncn1C1CCCSC1. The van der Waals surface area contributed by atoms with Crippen LogP contribution in [0.1, 0.15) is 29.4 Å². The summed E-state index contributed by atoms with van der Waals surface area (Å²) >= 11 is 1.88. The molecule has 1 saturated heterocycles. The van der Waals surface area contributed by atoms with Gasteiger partial charge in [-0.3, -0.25) is 0 Å². The summed E-state index contributed by atoms with van der Waals surface area (Å²) in [4.78, 5) is 14.7. The maximum Gasteiger partial charge on any atom is 0.354 e. The van der Waals surface area contributed by atoms with Crippen molar-refractivity contribution in [2.45, 2.75) is 18.9 Å². The molecule has 0 bridgehead atoms. The van der Waals surface area contributed by atoms with Crippen molar-refractivity contribution in [3.05, 3.63) is 18.2 Å². The van der Waals surface area contributed by atoms with Crippen molar-refractivity contribution in [1.29, 1.82) is 0 Å². The average molecular weight is 212 g/mol. The number of rotatable bonds is 2. The Kier molecular flexibility index (Phi) is 2.77. The van der Waals surface area contributed by atoms with Crippen molar-refractivity contribution in [2.24, 2.45) is 0 Å². The van der Waals surface area contributed by atoms with Crippen LogP contribution >= 0.6 is 11.8 Å². The molecule has 1 N–H and O–H groups in total. The zero-order chi connectivity index (χ0) is 9.97. The molecule has 2 heterocycles. The van der Waals surface area contributed by atoms with E-state index in [9.17, 15) is 4.79 Å². The van der Waals surface area contributed by atoms with E-state index in [0.717, 1.165) is 18.6 Å². The van der Waals surface area contributed by atoms with Crippen molar-refractivity contribution in [3.63, 3.8) is 0 Å². The van der Waals surface area contributed by atoms with E-state index in [1.807, 2.05) is 11.8 Å². The summed E-state index contributed by atoms with van der Waals surface area (Å²) in [5.74, 6) is 1.29. The van der Waals surface area contributed by atoms with Gasteiger partial charge in [-0.1, -0.05) is 0 Å². The summed E-state index contributed by atoms with van der Waals surface area (Å²) < 4.78 is 1.79. The van der Waals surface area contributed by atoms with Crippen LogP contribution in [-0.2, 0) is 0 Å². The molecule has 1 aliphatic rings. The highest BCUT2D eigenvalue weighted by Crippen LogP contribution is 2.27. The Morgan fingerprint density at radius 3 is 3.21 bits per heavy atom. The Hall–Kier alpha value is -0.970. The summed E-state index contributed by atoms with van der Waals surface area (Å²) in [6.45, 7) is 0. The Morgan fingerprint density at radius 2 is 2.57 bits per heavy atom. The number of imidazole rings is 1. The number of carboxylic acid groups (broad SMARTS) is 1. The Balaban J connectivity index is 2.21. The number of aromatic nitrogens is 2. The second-order valence-corrected chi connectivity index (χ2v) is 4.51. The van der Waals surface area contributed by atoms with Gasteiger partial charge in [0, 0.05) is 11.8 Å². The van der Waals surface area contributed by atoms with Crippen molar-refractivity contribution >= 4 is 17.7 Å². The van der Waals surface area contributed by atoms with Crippen LogP contribution < -0.4 is 0 Å². The Morgan fingerprint density at radius 1 is 1.71 bits per heavy atom. The van der Waals surface area contributed by atoms with E-state index < -0.39 is 5.97 Å². The molecule has 1 unspecified atom stereocenters. The molecule has 1 fully saturated rings. The quantitative estimate of drug-likeness (QED) is 0.809.